The molecular formula is C17H12N2O. The zero-order valence-corrected chi connectivity index (χ0v) is 11.0. The summed E-state index contributed by atoms with van der Waals surface area (Å²) in [5.74, 6) is 0.777. The first kappa shape index (κ1) is 13.4. The quantitative estimate of drug-likeness (QED) is 0.625. The molecule has 0 saturated carbocycles. The van der Waals surface area contributed by atoms with E-state index in [0.29, 0.717) is 11.1 Å². The molecule has 0 saturated heterocycles. The Morgan fingerprint density at radius 3 is 2.15 bits per heavy atom. The summed E-state index contributed by atoms with van der Waals surface area (Å²) in [6.45, 7) is 0. The van der Waals surface area contributed by atoms with Crippen LogP contribution in [0.3, 0.4) is 0 Å². The van der Waals surface area contributed by atoms with Gasteiger partial charge in [0.05, 0.1) is 30.4 Å². The zero-order chi connectivity index (χ0) is 14.4. The third-order valence-corrected chi connectivity index (χ3v) is 2.87. The molecule has 0 bridgehead atoms. The summed E-state index contributed by atoms with van der Waals surface area (Å²) in [4.78, 5) is 0. The zero-order valence-electron chi connectivity index (χ0n) is 11.0. The molecule has 96 valence electrons. The normalized spacial score (nSPS) is 10.4. The summed E-state index contributed by atoms with van der Waals surface area (Å²) in [5.41, 5.74) is 2.85. The molecule has 0 unspecified atom stereocenters. The molecule has 0 radical (unpaired) electrons. The summed E-state index contributed by atoms with van der Waals surface area (Å²) < 4.78 is 5.09. The lowest BCUT2D eigenvalue weighted by Crippen LogP contribution is -1.84. The molecular weight excluding hydrogens is 248 g/mol. The highest BCUT2D eigenvalue weighted by Gasteiger charge is 2.01. The Morgan fingerprint density at radius 2 is 1.65 bits per heavy atom. The van der Waals surface area contributed by atoms with E-state index in [-0.39, 0.29) is 0 Å². The van der Waals surface area contributed by atoms with Gasteiger partial charge in [0.1, 0.15) is 5.75 Å². The van der Waals surface area contributed by atoms with Crippen molar-refractivity contribution in [2.75, 3.05) is 7.11 Å². The number of benzene rings is 2. The van der Waals surface area contributed by atoms with Crippen molar-refractivity contribution in [2.45, 2.75) is 0 Å². The van der Waals surface area contributed by atoms with Gasteiger partial charge in [-0.1, -0.05) is 24.3 Å². The number of nitrogens with zero attached hydrogens (tertiary/aromatic N) is 2. The molecule has 2 aromatic carbocycles. The Labute approximate surface area is 118 Å². The molecule has 0 aromatic heterocycles. The first-order valence-electron chi connectivity index (χ1n) is 6.03. The molecule has 20 heavy (non-hydrogen) atoms. The lowest BCUT2D eigenvalue weighted by molar-refractivity contribution is 0.415. The number of hydrogen-bond donors (Lipinski definition) is 0. The van der Waals surface area contributed by atoms with Crippen LogP contribution in [0.5, 0.6) is 5.75 Å². The molecule has 0 N–H and O–H groups in total. The highest BCUT2D eigenvalue weighted by molar-refractivity contribution is 5.89. The molecule has 3 nitrogen and oxygen atoms in total. The van der Waals surface area contributed by atoms with Crippen LogP contribution < -0.4 is 4.74 Å². The highest BCUT2D eigenvalue weighted by atomic mass is 16.5. The van der Waals surface area contributed by atoms with Gasteiger partial charge in [-0.25, -0.2) is 0 Å². The van der Waals surface area contributed by atoms with E-state index < -0.39 is 0 Å². The van der Waals surface area contributed by atoms with Gasteiger partial charge in [-0.2, -0.15) is 10.5 Å². The largest absolute Gasteiger partial charge is 0.497 e. The number of ether oxygens (including phenoxy) is 1. The standard InChI is InChI=1S/C17H12N2O/c1-20-17-8-4-13(5-9-17)10-16(12-19)15-6-2-14(11-18)3-7-15/h2-10H,1H3/b16-10-. The van der Waals surface area contributed by atoms with Crippen LogP contribution in [0.1, 0.15) is 16.7 Å². The third-order valence-electron chi connectivity index (χ3n) is 2.87. The average molecular weight is 260 g/mol. The monoisotopic (exact) mass is 260 g/mol. The number of rotatable bonds is 3. The minimum atomic E-state index is 0.555. The Hall–Kier alpha value is -3.04. The Bertz CT molecular complexity index is 699. The van der Waals surface area contributed by atoms with Crippen LogP contribution in [0.15, 0.2) is 48.5 Å². The molecule has 0 aliphatic heterocycles. The third kappa shape index (κ3) is 3.04. The van der Waals surface area contributed by atoms with Crippen molar-refractivity contribution in [3.05, 3.63) is 65.2 Å². The van der Waals surface area contributed by atoms with Crippen molar-refractivity contribution in [2.24, 2.45) is 0 Å². The minimum absolute atomic E-state index is 0.555. The number of hydrogen-bond acceptors (Lipinski definition) is 3. The Morgan fingerprint density at radius 1 is 1.00 bits per heavy atom. The molecule has 2 aromatic rings. The van der Waals surface area contributed by atoms with E-state index in [4.69, 9.17) is 10.00 Å². The lowest BCUT2D eigenvalue weighted by atomic mass is 10.0. The van der Waals surface area contributed by atoms with Gasteiger partial charge in [0.25, 0.3) is 0 Å². The number of allylic oxidation sites excluding steroid dienone is 1. The highest BCUT2D eigenvalue weighted by Crippen LogP contribution is 2.20. The van der Waals surface area contributed by atoms with E-state index in [9.17, 15) is 5.26 Å². The van der Waals surface area contributed by atoms with Gasteiger partial charge in [0.2, 0.25) is 0 Å². The van der Waals surface area contributed by atoms with Gasteiger partial charge in [0, 0.05) is 0 Å². The van der Waals surface area contributed by atoms with Gasteiger partial charge in [-0.05, 0) is 41.5 Å². The van der Waals surface area contributed by atoms with Crippen molar-refractivity contribution in [1.82, 2.24) is 0 Å². The van der Waals surface area contributed by atoms with E-state index in [0.717, 1.165) is 16.9 Å². The molecule has 2 rings (SSSR count). The molecule has 0 aliphatic carbocycles. The lowest BCUT2D eigenvalue weighted by Gasteiger charge is -2.02. The van der Waals surface area contributed by atoms with Crippen LogP contribution in [0, 0.1) is 22.7 Å². The number of nitriles is 2. The molecule has 0 spiro atoms. The van der Waals surface area contributed by atoms with Gasteiger partial charge in [-0.3, -0.25) is 0 Å². The van der Waals surface area contributed by atoms with E-state index in [2.05, 4.69) is 12.1 Å². The fourth-order valence-electron chi connectivity index (χ4n) is 1.77. The first-order chi connectivity index (χ1) is 9.76. The molecule has 0 aliphatic rings. The molecule has 0 fully saturated rings. The average Bonchev–Trinajstić information content (AvgIpc) is 2.53. The van der Waals surface area contributed by atoms with Gasteiger partial charge >= 0.3 is 0 Å². The maximum absolute atomic E-state index is 9.26. The van der Waals surface area contributed by atoms with E-state index in [1.807, 2.05) is 24.3 Å². The Kier molecular flexibility index (Phi) is 4.17. The molecule has 3 heteroatoms. The maximum Gasteiger partial charge on any atom is 0.118 e. The second-order valence-corrected chi connectivity index (χ2v) is 4.13. The number of methoxy groups -OCH3 is 1. The topological polar surface area (TPSA) is 56.8 Å². The fourth-order valence-corrected chi connectivity index (χ4v) is 1.77. The molecule has 0 amide bonds. The predicted molar refractivity (Wildman–Crippen MR) is 77.6 cm³/mol. The molecule has 0 atom stereocenters. The van der Waals surface area contributed by atoms with Crippen LogP contribution in [0.4, 0.5) is 0 Å². The smallest absolute Gasteiger partial charge is 0.118 e. The Balaban J connectivity index is 2.33. The van der Waals surface area contributed by atoms with Gasteiger partial charge in [-0.15, -0.1) is 0 Å². The van der Waals surface area contributed by atoms with E-state index in [1.54, 1.807) is 37.5 Å². The van der Waals surface area contributed by atoms with Crippen LogP contribution in [-0.2, 0) is 0 Å². The van der Waals surface area contributed by atoms with Crippen LogP contribution in [0.25, 0.3) is 11.6 Å². The van der Waals surface area contributed by atoms with Gasteiger partial charge < -0.3 is 4.74 Å². The van der Waals surface area contributed by atoms with Crippen LogP contribution in [0.2, 0.25) is 0 Å². The first-order valence-corrected chi connectivity index (χ1v) is 6.03. The van der Waals surface area contributed by atoms with Gasteiger partial charge in [0.15, 0.2) is 0 Å². The summed E-state index contributed by atoms with van der Waals surface area (Å²) in [5, 5.41) is 18.0. The fraction of sp³-hybridized carbons (Fsp3) is 0.0588. The SMILES string of the molecule is COc1ccc(/C=C(/C#N)c2ccc(C#N)cc2)cc1. The minimum Gasteiger partial charge on any atom is -0.497 e. The summed E-state index contributed by atoms with van der Waals surface area (Å²) in [6, 6.07) is 18.7. The van der Waals surface area contributed by atoms with E-state index >= 15 is 0 Å². The second kappa shape index (κ2) is 6.22. The second-order valence-electron chi connectivity index (χ2n) is 4.13. The van der Waals surface area contributed by atoms with Crippen molar-refractivity contribution in [3.8, 4) is 17.9 Å². The van der Waals surface area contributed by atoms with Crippen molar-refractivity contribution in [1.29, 1.82) is 10.5 Å². The molecule has 0 heterocycles. The predicted octanol–water partition coefficient (Wildman–Crippen LogP) is 3.63. The summed E-state index contributed by atoms with van der Waals surface area (Å²) >= 11 is 0. The van der Waals surface area contributed by atoms with Crippen LogP contribution in [-0.4, -0.2) is 7.11 Å². The maximum atomic E-state index is 9.26. The summed E-state index contributed by atoms with van der Waals surface area (Å²) in [7, 11) is 1.61. The summed E-state index contributed by atoms with van der Waals surface area (Å²) in [6.07, 6.45) is 1.81. The van der Waals surface area contributed by atoms with Crippen LogP contribution >= 0.6 is 0 Å². The van der Waals surface area contributed by atoms with Crippen molar-refractivity contribution in [3.63, 3.8) is 0 Å². The van der Waals surface area contributed by atoms with Crippen molar-refractivity contribution >= 4 is 11.6 Å². The van der Waals surface area contributed by atoms with E-state index in [1.165, 1.54) is 0 Å². The van der Waals surface area contributed by atoms with Crippen molar-refractivity contribution < 1.29 is 4.74 Å².